The molecule has 0 saturated carbocycles. The van der Waals surface area contributed by atoms with Crippen LogP contribution in [-0.4, -0.2) is 15.5 Å². The zero-order valence-electron chi connectivity index (χ0n) is 15.7. The van der Waals surface area contributed by atoms with Crippen molar-refractivity contribution in [2.45, 2.75) is 32.2 Å². The number of rotatable bonds is 7. The van der Waals surface area contributed by atoms with Crippen LogP contribution in [-0.2, 0) is 24.7 Å². The lowest BCUT2D eigenvalue weighted by Gasteiger charge is -2.19. The van der Waals surface area contributed by atoms with E-state index in [1.54, 1.807) is 18.3 Å². The number of amides is 1. The molecule has 0 spiro atoms. The minimum atomic E-state index is -0.416. The molecule has 0 saturated heterocycles. The van der Waals surface area contributed by atoms with Crippen molar-refractivity contribution < 1.29 is 9.18 Å². The number of hydrogen-bond acceptors (Lipinski definition) is 2. The molecule has 0 aliphatic rings. The Morgan fingerprint density at radius 1 is 1.11 bits per heavy atom. The normalized spacial score (nSPS) is 12.0. The van der Waals surface area contributed by atoms with Gasteiger partial charge in [-0.15, -0.1) is 0 Å². The molecule has 1 atom stereocenters. The van der Waals surface area contributed by atoms with Gasteiger partial charge in [-0.05, 0) is 41.7 Å². The van der Waals surface area contributed by atoms with Crippen molar-refractivity contribution >= 4 is 5.91 Å². The molecule has 1 N–H and O–H groups in total. The summed E-state index contributed by atoms with van der Waals surface area (Å²) in [7, 11) is 1.88. The molecule has 3 aromatic rings. The molecule has 1 heterocycles. The zero-order chi connectivity index (χ0) is 19.2. The van der Waals surface area contributed by atoms with Gasteiger partial charge in [-0.3, -0.25) is 4.79 Å². The number of halogens is 1. The summed E-state index contributed by atoms with van der Waals surface area (Å²) < 4.78 is 15.1. The molecule has 0 bridgehead atoms. The van der Waals surface area contributed by atoms with Gasteiger partial charge in [-0.1, -0.05) is 43.3 Å². The van der Waals surface area contributed by atoms with Crippen LogP contribution >= 0.6 is 0 Å². The first-order chi connectivity index (χ1) is 13.1. The molecule has 3 rings (SSSR count). The van der Waals surface area contributed by atoms with Crippen LogP contribution in [0.25, 0.3) is 0 Å². The second-order valence-electron chi connectivity index (χ2n) is 6.62. The van der Waals surface area contributed by atoms with E-state index in [1.165, 1.54) is 17.7 Å². The summed E-state index contributed by atoms with van der Waals surface area (Å²) in [5, 5.41) is 3.04. The second-order valence-corrected chi connectivity index (χ2v) is 6.62. The summed E-state index contributed by atoms with van der Waals surface area (Å²) in [6, 6.07) is 14.1. The number of aromatic nitrogens is 2. The van der Waals surface area contributed by atoms with E-state index in [-0.39, 0.29) is 11.7 Å². The number of aryl methyl sites for hydroxylation is 3. The first-order valence-corrected chi connectivity index (χ1v) is 9.16. The number of imidazole rings is 1. The van der Waals surface area contributed by atoms with E-state index < -0.39 is 6.04 Å². The monoisotopic (exact) mass is 365 g/mol. The van der Waals surface area contributed by atoms with Crippen molar-refractivity contribution in [1.82, 2.24) is 14.9 Å². The third kappa shape index (κ3) is 4.82. The number of carbonyl (C=O) groups excluding carboxylic acids is 1. The summed E-state index contributed by atoms with van der Waals surface area (Å²) in [6.45, 7) is 2.12. The fraction of sp³-hybridized carbons (Fsp3) is 0.273. The highest BCUT2D eigenvalue weighted by Gasteiger charge is 2.20. The molecule has 2 aromatic carbocycles. The largest absolute Gasteiger partial charge is 0.342 e. The van der Waals surface area contributed by atoms with Crippen molar-refractivity contribution in [3.8, 4) is 0 Å². The van der Waals surface area contributed by atoms with Crippen LogP contribution in [0.15, 0.2) is 60.9 Å². The van der Waals surface area contributed by atoms with Crippen LogP contribution in [0, 0.1) is 5.82 Å². The summed E-state index contributed by atoms with van der Waals surface area (Å²) >= 11 is 0. The topological polar surface area (TPSA) is 46.9 Å². The van der Waals surface area contributed by atoms with Gasteiger partial charge in [0.25, 0.3) is 0 Å². The number of carbonyl (C=O) groups is 1. The number of nitrogens with one attached hydrogen (secondary N) is 1. The van der Waals surface area contributed by atoms with Gasteiger partial charge < -0.3 is 9.88 Å². The van der Waals surface area contributed by atoms with Gasteiger partial charge in [-0.2, -0.15) is 0 Å². The van der Waals surface area contributed by atoms with E-state index in [9.17, 15) is 9.18 Å². The third-order valence-electron chi connectivity index (χ3n) is 4.70. The highest BCUT2D eigenvalue weighted by Crippen LogP contribution is 2.21. The predicted octanol–water partition coefficient (Wildman–Crippen LogP) is 3.96. The van der Waals surface area contributed by atoms with Gasteiger partial charge in [0.05, 0.1) is 0 Å². The van der Waals surface area contributed by atoms with Crippen molar-refractivity contribution in [2.75, 3.05) is 0 Å². The van der Waals surface area contributed by atoms with Gasteiger partial charge in [0, 0.05) is 25.9 Å². The van der Waals surface area contributed by atoms with E-state index in [1.807, 2.05) is 17.8 Å². The van der Waals surface area contributed by atoms with Crippen LogP contribution in [0.4, 0.5) is 4.39 Å². The molecule has 5 heteroatoms. The third-order valence-corrected chi connectivity index (χ3v) is 4.70. The maximum atomic E-state index is 13.3. The Morgan fingerprint density at radius 2 is 1.78 bits per heavy atom. The minimum absolute atomic E-state index is 0.0631. The fourth-order valence-electron chi connectivity index (χ4n) is 3.04. The Balaban J connectivity index is 1.70. The van der Waals surface area contributed by atoms with Gasteiger partial charge in [0.15, 0.2) is 0 Å². The minimum Gasteiger partial charge on any atom is -0.342 e. The molecule has 1 amide bonds. The lowest BCUT2D eigenvalue weighted by Crippen LogP contribution is -2.31. The molecule has 1 aromatic heterocycles. The lowest BCUT2D eigenvalue weighted by molar-refractivity contribution is -0.121. The molecule has 140 valence electrons. The number of nitrogens with zero attached hydrogens (tertiary/aromatic N) is 2. The molecule has 4 nitrogen and oxygen atoms in total. The Hall–Kier alpha value is -2.95. The van der Waals surface area contributed by atoms with Crippen LogP contribution in [0.3, 0.4) is 0 Å². The predicted molar refractivity (Wildman–Crippen MR) is 104 cm³/mol. The molecule has 0 aliphatic heterocycles. The number of benzene rings is 2. The summed E-state index contributed by atoms with van der Waals surface area (Å²) in [5.41, 5.74) is 3.22. The Bertz CT molecular complexity index is 885. The molecular formula is C22H24FN3O. The van der Waals surface area contributed by atoms with E-state index in [4.69, 9.17) is 0 Å². The summed E-state index contributed by atoms with van der Waals surface area (Å²) in [6.07, 6.45) is 5.57. The van der Waals surface area contributed by atoms with Gasteiger partial charge in [-0.25, -0.2) is 9.37 Å². The molecule has 1 unspecified atom stereocenters. The average molecular weight is 365 g/mol. The van der Waals surface area contributed by atoms with Crippen LogP contribution in [0.5, 0.6) is 0 Å². The molecule has 27 heavy (non-hydrogen) atoms. The quantitative estimate of drug-likeness (QED) is 0.689. The van der Waals surface area contributed by atoms with E-state index in [0.717, 1.165) is 17.5 Å². The van der Waals surface area contributed by atoms with E-state index in [0.29, 0.717) is 18.7 Å². The lowest BCUT2D eigenvalue weighted by atomic mass is 10.0. The fourth-order valence-corrected chi connectivity index (χ4v) is 3.04. The van der Waals surface area contributed by atoms with Crippen LogP contribution in [0.1, 0.15) is 41.9 Å². The first-order valence-electron chi connectivity index (χ1n) is 9.16. The highest BCUT2D eigenvalue weighted by atomic mass is 19.1. The SMILES string of the molecule is CCc1ccc(CCC(=O)NC(c2ccc(F)cc2)c2nccn2C)cc1. The average Bonchev–Trinajstić information content (AvgIpc) is 3.11. The van der Waals surface area contributed by atoms with Crippen LogP contribution < -0.4 is 5.32 Å². The Labute approximate surface area is 159 Å². The Kier molecular flexibility index (Phi) is 6.01. The van der Waals surface area contributed by atoms with E-state index in [2.05, 4.69) is 41.5 Å². The maximum absolute atomic E-state index is 13.3. The molecular weight excluding hydrogens is 341 g/mol. The van der Waals surface area contributed by atoms with Gasteiger partial charge in [0.2, 0.25) is 5.91 Å². The van der Waals surface area contributed by atoms with Gasteiger partial charge in [0.1, 0.15) is 17.7 Å². The van der Waals surface area contributed by atoms with Crippen molar-refractivity contribution in [3.63, 3.8) is 0 Å². The summed E-state index contributed by atoms with van der Waals surface area (Å²) in [5.74, 6) is 0.341. The second kappa shape index (κ2) is 8.62. The molecule has 0 radical (unpaired) electrons. The molecule has 0 aliphatic carbocycles. The maximum Gasteiger partial charge on any atom is 0.221 e. The first kappa shape index (κ1) is 18.8. The number of hydrogen-bond donors (Lipinski definition) is 1. The van der Waals surface area contributed by atoms with Crippen molar-refractivity contribution in [3.05, 3.63) is 89.3 Å². The zero-order valence-corrected chi connectivity index (χ0v) is 15.7. The van der Waals surface area contributed by atoms with Gasteiger partial charge >= 0.3 is 0 Å². The summed E-state index contributed by atoms with van der Waals surface area (Å²) in [4.78, 5) is 16.9. The van der Waals surface area contributed by atoms with Crippen molar-refractivity contribution in [2.24, 2.45) is 7.05 Å². The Morgan fingerprint density at radius 3 is 2.37 bits per heavy atom. The van der Waals surface area contributed by atoms with Crippen molar-refractivity contribution in [1.29, 1.82) is 0 Å². The highest BCUT2D eigenvalue weighted by molar-refractivity contribution is 5.77. The van der Waals surface area contributed by atoms with Crippen LogP contribution in [0.2, 0.25) is 0 Å². The molecule has 0 fully saturated rings. The smallest absolute Gasteiger partial charge is 0.221 e. The van der Waals surface area contributed by atoms with E-state index >= 15 is 0 Å². The standard InChI is InChI=1S/C22H24FN3O/c1-3-16-4-6-17(7-5-16)8-13-20(27)25-21(22-24-14-15-26(22)2)18-9-11-19(23)12-10-18/h4-7,9-12,14-15,21H,3,8,13H2,1-2H3,(H,25,27).